The molecule has 3 N–H and O–H groups in total. The largest absolute Gasteiger partial charge is 0.394 e. The molecule has 0 aliphatic carbocycles. The molecule has 0 saturated carbocycles. The van der Waals surface area contributed by atoms with Crippen LogP contribution in [0, 0.1) is 9.39 Å². The zero-order valence-corrected chi connectivity index (χ0v) is 17.6. The van der Waals surface area contributed by atoms with Gasteiger partial charge in [0.05, 0.1) is 23.9 Å². The van der Waals surface area contributed by atoms with Gasteiger partial charge in [-0.1, -0.05) is 0 Å². The molecular formula is C21H19FIN3O3. The molecule has 4 rings (SSSR count). The highest BCUT2D eigenvalue weighted by Gasteiger charge is 2.28. The van der Waals surface area contributed by atoms with Gasteiger partial charge in [0.25, 0.3) is 11.8 Å². The fourth-order valence-corrected chi connectivity index (χ4v) is 4.26. The SMILES string of the molecule is O=C1NC(=O)c2ccc(I)cc2/C1=C/Nc1ccc(N2CCC[C@H]2CO)c(F)c1. The molecule has 6 nitrogen and oxygen atoms in total. The number of imide groups is 1. The molecule has 0 bridgehead atoms. The number of anilines is 2. The van der Waals surface area contributed by atoms with Crippen LogP contribution >= 0.6 is 22.6 Å². The minimum atomic E-state index is -0.503. The van der Waals surface area contributed by atoms with E-state index in [0.29, 0.717) is 34.6 Å². The average molecular weight is 507 g/mol. The molecule has 0 radical (unpaired) electrons. The maximum Gasteiger partial charge on any atom is 0.260 e. The van der Waals surface area contributed by atoms with Gasteiger partial charge in [0.15, 0.2) is 0 Å². The van der Waals surface area contributed by atoms with Gasteiger partial charge in [-0.15, -0.1) is 0 Å². The monoisotopic (exact) mass is 507 g/mol. The lowest BCUT2D eigenvalue weighted by Gasteiger charge is -2.26. The van der Waals surface area contributed by atoms with Crippen LogP contribution in [0.5, 0.6) is 0 Å². The molecule has 29 heavy (non-hydrogen) atoms. The molecule has 2 aliphatic heterocycles. The molecule has 0 aromatic heterocycles. The van der Waals surface area contributed by atoms with E-state index in [2.05, 4.69) is 33.2 Å². The third kappa shape index (κ3) is 3.86. The number of hydrogen-bond acceptors (Lipinski definition) is 5. The van der Waals surface area contributed by atoms with Crippen LogP contribution < -0.4 is 15.5 Å². The minimum Gasteiger partial charge on any atom is -0.394 e. The molecule has 1 fully saturated rings. The Balaban J connectivity index is 1.60. The van der Waals surface area contributed by atoms with E-state index in [1.54, 1.807) is 30.3 Å². The topological polar surface area (TPSA) is 81.7 Å². The van der Waals surface area contributed by atoms with Crippen LogP contribution in [0.15, 0.2) is 42.6 Å². The molecule has 2 aromatic carbocycles. The van der Waals surface area contributed by atoms with Crippen molar-refractivity contribution in [1.82, 2.24) is 5.32 Å². The molecule has 2 heterocycles. The number of nitrogens with zero attached hydrogens (tertiary/aromatic N) is 1. The van der Waals surface area contributed by atoms with Gasteiger partial charge in [0.2, 0.25) is 0 Å². The number of aliphatic hydroxyl groups is 1. The van der Waals surface area contributed by atoms with E-state index in [9.17, 15) is 19.1 Å². The average Bonchev–Trinajstić information content (AvgIpc) is 3.16. The van der Waals surface area contributed by atoms with Crippen molar-refractivity contribution in [1.29, 1.82) is 0 Å². The normalized spacial score (nSPS) is 20.0. The Hall–Kier alpha value is -2.46. The molecule has 2 amide bonds. The van der Waals surface area contributed by atoms with E-state index in [-0.39, 0.29) is 12.6 Å². The van der Waals surface area contributed by atoms with E-state index in [4.69, 9.17) is 0 Å². The van der Waals surface area contributed by atoms with Crippen LogP contribution in [-0.2, 0) is 4.79 Å². The van der Waals surface area contributed by atoms with Gasteiger partial charge in [0.1, 0.15) is 5.82 Å². The molecule has 1 saturated heterocycles. The Morgan fingerprint density at radius 2 is 2.03 bits per heavy atom. The number of benzene rings is 2. The highest BCUT2D eigenvalue weighted by molar-refractivity contribution is 14.1. The lowest BCUT2D eigenvalue weighted by molar-refractivity contribution is -0.114. The van der Waals surface area contributed by atoms with Crippen molar-refractivity contribution in [2.45, 2.75) is 18.9 Å². The van der Waals surface area contributed by atoms with E-state index >= 15 is 0 Å². The molecular weight excluding hydrogens is 488 g/mol. The van der Waals surface area contributed by atoms with Crippen molar-refractivity contribution in [3.05, 3.63) is 63.1 Å². The first kappa shape index (κ1) is 19.8. The first-order valence-electron chi connectivity index (χ1n) is 9.27. The van der Waals surface area contributed by atoms with Gasteiger partial charge in [-0.2, -0.15) is 0 Å². The number of carbonyl (C=O) groups excluding carboxylic acids is 2. The first-order valence-corrected chi connectivity index (χ1v) is 10.3. The number of rotatable bonds is 4. The molecule has 8 heteroatoms. The second-order valence-electron chi connectivity index (χ2n) is 7.01. The van der Waals surface area contributed by atoms with Gasteiger partial charge >= 0.3 is 0 Å². The third-order valence-corrected chi connectivity index (χ3v) is 5.89. The molecule has 2 aliphatic rings. The number of nitrogens with one attached hydrogen (secondary N) is 2. The van der Waals surface area contributed by atoms with Gasteiger partial charge in [-0.3, -0.25) is 14.9 Å². The number of hydrogen-bond donors (Lipinski definition) is 3. The van der Waals surface area contributed by atoms with Crippen molar-refractivity contribution in [2.24, 2.45) is 0 Å². The molecule has 0 unspecified atom stereocenters. The highest BCUT2D eigenvalue weighted by Crippen LogP contribution is 2.30. The zero-order valence-electron chi connectivity index (χ0n) is 15.4. The van der Waals surface area contributed by atoms with E-state index in [1.165, 1.54) is 12.3 Å². The lowest BCUT2D eigenvalue weighted by Crippen LogP contribution is -2.36. The maximum absolute atomic E-state index is 14.7. The molecule has 2 aromatic rings. The fourth-order valence-electron chi connectivity index (χ4n) is 3.77. The standard InChI is InChI=1S/C21H19FIN3O3/c22-18-9-13(4-6-19(18)26-7-1-2-14(26)11-27)24-10-17-16-8-12(23)3-5-15(16)20(28)25-21(17)29/h3-6,8-10,14,24,27H,1-2,7,11H2,(H,25,28,29)/b17-10-/t14-/m0/s1. The zero-order chi connectivity index (χ0) is 20.5. The Morgan fingerprint density at radius 3 is 2.79 bits per heavy atom. The summed E-state index contributed by atoms with van der Waals surface area (Å²) in [5.74, 6) is -1.33. The molecule has 1 atom stereocenters. The number of aliphatic hydroxyl groups excluding tert-OH is 1. The van der Waals surface area contributed by atoms with Gasteiger partial charge < -0.3 is 15.3 Å². The van der Waals surface area contributed by atoms with Crippen molar-refractivity contribution in [3.63, 3.8) is 0 Å². The highest BCUT2D eigenvalue weighted by atomic mass is 127. The summed E-state index contributed by atoms with van der Waals surface area (Å²) >= 11 is 2.12. The first-order chi connectivity index (χ1) is 14.0. The number of carbonyl (C=O) groups is 2. The van der Waals surface area contributed by atoms with Crippen molar-refractivity contribution in [3.8, 4) is 0 Å². The molecule has 150 valence electrons. The van der Waals surface area contributed by atoms with Gasteiger partial charge in [0, 0.05) is 33.1 Å². The smallest absolute Gasteiger partial charge is 0.260 e. The Labute approximate surface area is 180 Å². The van der Waals surface area contributed by atoms with Gasteiger partial charge in [-0.05, 0) is 71.8 Å². The lowest BCUT2D eigenvalue weighted by atomic mass is 9.95. The van der Waals surface area contributed by atoms with E-state index < -0.39 is 17.6 Å². The van der Waals surface area contributed by atoms with Crippen LogP contribution in [0.3, 0.4) is 0 Å². The second-order valence-corrected chi connectivity index (χ2v) is 8.26. The molecule has 0 spiro atoms. The number of halogens is 2. The quantitative estimate of drug-likeness (QED) is 0.337. The van der Waals surface area contributed by atoms with E-state index in [0.717, 1.165) is 16.4 Å². The fraction of sp³-hybridized carbons (Fsp3) is 0.238. The number of amides is 2. The van der Waals surface area contributed by atoms with E-state index in [1.807, 2.05) is 4.90 Å². The predicted octanol–water partition coefficient (Wildman–Crippen LogP) is 3.11. The van der Waals surface area contributed by atoms with Crippen LogP contribution in [0.25, 0.3) is 5.57 Å². The number of fused-ring (bicyclic) bond motifs is 1. The summed E-state index contributed by atoms with van der Waals surface area (Å²) in [6.07, 6.45) is 3.24. The summed E-state index contributed by atoms with van der Waals surface area (Å²) in [5, 5.41) is 14.7. The maximum atomic E-state index is 14.7. The minimum absolute atomic E-state index is 0.00240. The third-order valence-electron chi connectivity index (χ3n) is 5.22. The Kier molecular flexibility index (Phi) is 5.55. The summed E-state index contributed by atoms with van der Waals surface area (Å²) in [5.41, 5.74) is 2.21. The van der Waals surface area contributed by atoms with Crippen LogP contribution in [0.2, 0.25) is 0 Å². The summed E-state index contributed by atoms with van der Waals surface area (Å²) in [6.45, 7) is 0.709. The van der Waals surface area contributed by atoms with Crippen molar-refractivity contribution in [2.75, 3.05) is 23.4 Å². The Morgan fingerprint density at radius 1 is 1.21 bits per heavy atom. The van der Waals surface area contributed by atoms with Crippen molar-refractivity contribution >= 4 is 51.4 Å². The van der Waals surface area contributed by atoms with Crippen molar-refractivity contribution < 1.29 is 19.1 Å². The summed E-state index contributed by atoms with van der Waals surface area (Å²) in [4.78, 5) is 26.2. The second kappa shape index (κ2) is 8.11. The van der Waals surface area contributed by atoms with Crippen LogP contribution in [0.1, 0.15) is 28.8 Å². The van der Waals surface area contributed by atoms with Crippen LogP contribution in [-0.4, -0.2) is 36.1 Å². The predicted molar refractivity (Wildman–Crippen MR) is 117 cm³/mol. The Bertz CT molecular complexity index is 1020. The van der Waals surface area contributed by atoms with Crippen LogP contribution in [0.4, 0.5) is 15.8 Å². The summed E-state index contributed by atoms with van der Waals surface area (Å²) in [7, 11) is 0. The van der Waals surface area contributed by atoms with Gasteiger partial charge in [-0.25, -0.2) is 4.39 Å². The summed E-state index contributed by atoms with van der Waals surface area (Å²) in [6, 6.07) is 9.94. The summed E-state index contributed by atoms with van der Waals surface area (Å²) < 4.78 is 15.6.